The number of fused-ring (bicyclic) bond motifs is 3. The van der Waals surface area contributed by atoms with E-state index in [2.05, 4.69) is 20.3 Å². The van der Waals surface area contributed by atoms with Crippen molar-refractivity contribution in [3.05, 3.63) is 42.5 Å². The molecule has 1 aromatic carbocycles. The number of benzene rings is 1. The zero-order valence-corrected chi connectivity index (χ0v) is 12.9. The van der Waals surface area contributed by atoms with Gasteiger partial charge in [-0.05, 0) is 26.0 Å². The number of hydrogen-bond donors (Lipinski definition) is 3. The Morgan fingerprint density at radius 1 is 1.43 bits per heavy atom. The fraction of sp³-hybridized carbons (Fsp3) is 0.188. The van der Waals surface area contributed by atoms with Crippen LogP contribution in [0.15, 0.2) is 47.5 Å². The number of aromatic nitrogens is 3. The minimum atomic E-state index is 0.159. The maximum atomic E-state index is 9.68. The zero-order chi connectivity index (χ0) is 16.4. The number of phenols is 1. The smallest absolute Gasteiger partial charge is 0.180 e. The van der Waals surface area contributed by atoms with Crippen LogP contribution >= 0.6 is 0 Å². The van der Waals surface area contributed by atoms with Gasteiger partial charge in [-0.3, -0.25) is 9.39 Å². The maximum Gasteiger partial charge on any atom is 0.180 e. The van der Waals surface area contributed by atoms with Gasteiger partial charge in [0.2, 0.25) is 0 Å². The number of nitrogens with zero attached hydrogens (tertiary/aromatic N) is 4. The van der Waals surface area contributed by atoms with E-state index in [1.54, 1.807) is 30.6 Å². The first-order valence-corrected chi connectivity index (χ1v) is 7.26. The average molecular weight is 310 g/mol. The van der Waals surface area contributed by atoms with Gasteiger partial charge in [-0.25, -0.2) is 9.97 Å². The van der Waals surface area contributed by atoms with Crippen LogP contribution in [-0.4, -0.2) is 31.7 Å². The molecule has 7 nitrogen and oxygen atoms in total. The monoisotopic (exact) mass is 310 g/mol. The van der Waals surface area contributed by atoms with Gasteiger partial charge in [0.15, 0.2) is 11.5 Å². The number of nitrogens with two attached hydrogens (primary N) is 1. The van der Waals surface area contributed by atoms with E-state index in [0.717, 1.165) is 5.52 Å². The molecule has 0 aliphatic carbocycles. The fourth-order valence-corrected chi connectivity index (χ4v) is 2.22. The molecule has 0 saturated carbocycles. The maximum absolute atomic E-state index is 9.68. The van der Waals surface area contributed by atoms with E-state index >= 15 is 0 Å². The predicted molar refractivity (Wildman–Crippen MR) is 91.7 cm³/mol. The molecule has 7 heteroatoms. The summed E-state index contributed by atoms with van der Waals surface area (Å²) < 4.78 is 1.90. The highest BCUT2D eigenvalue weighted by Gasteiger charge is 2.10. The van der Waals surface area contributed by atoms with Crippen LogP contribution in [0.4, 0.5) is 5.82 Å². The third-order valence-electron chi connectivity index (χ3n) is 3.26. The molecular formula is C16H18N6O. The van der Waals surface area contributed by atoms with Crippen LogP contribution in [0.3, 0.4) is 0 Å². The van der Waals surface area contributed by atoms with Crippen LogP contribution in [0.1, 0.15) is 13.8 Å². The summed E-state index contributed by atoms with van der Waals surface area (Å²) in [6.07, 6.45) is 6.64. The van der Waals surface area contributed by atoms with Crippen LogP contribution in [-0.2, 0) is 0 Å². The Morgan fingerprint density at radius 2 is 2.26 bits per heavy atom. The summed E-state index contributed by atoms with van der Waals surface area (Å²) in [7, 11) is 0. The van der Waals surface area contributed by atoms with E-state index in [9.17, 15) is 5.11 Å². The molecule has 0 unspecified atom stereocenters. The Hall–Kier alpha value is -3.09. The summed E-state index contributed by atoms with van der Waals surface area (Å²) in [6, 6.07) is 5.20. The molecule has 4 N–H and O–H groups in total. The molecule has 23 heavy (non-hydrogen) atoms. The van der Waals surface area contributed by atoms with Crippen molar-refractivity contribution in [3.63, 3.8) is 0 Å². The van der Waals surface area contributed by atoms with Crippen molar-refractivity contribution >= 4 is 28.7 Å². The first-order valence-electron chi connectivity index (χ1n) is 7.26. The van der Waals surface area contributed by atoms with Crippen LogP contribution in [0.5, 0.6) is 5.75 Å². The van der Waals surface area contributed by atoms with Crippen molar-refractivity contribution in [2.24, 2.45) is 10.7 Å². The van der Waals surface area contributed by atoms with Gasteiger partial charge >= 0.3 is 0 Å². The molecule has 0 aliphatic heterocycles. The molecule has 0 fully saturated rings. The summed E-state index contributed by atoms with van der Waals surface area (Å²) >= 11 is 0. The van der Waals surface area contributed by atoms with Crippen molar-refractivity contribution in [1.82, 2.24) is 14.4 Å². The second-order valence-corrected chi connectivity index (χ2v) is 5.37. The van der Waals surface area contributed by atoms with Gasteiger partial charge < -0.3 is 16.2 Å². The lowest BCUT2D eigenvalue weighted by Gasteiger charge is -2.10. The molecule has 0 atom stereocenters. The molecule has 3 rings (SSSR count). The van der Waals surface area contributed by atoms with Gasteiger partial charge in [0.05, 0.1) is 16.7 Å². The van der Waals surface area contributed by atoms with Crippen LogP contribution in [0.25, 0.3) is 16.7 Å². The van der Waals surface area contributed by atoms with E-state index in [0.29, 0.717) is 22.7 Å². The quantitative estimate of drug-likeness (QED) is 0.642. The van der Waals surface area contributed by atoms with Crippen LogP contribution in [0, 0.1) is 0 Å². The summed E-state index contributed by atoms with van der Waals surface area (Å²) in [6.45, 7) is 3.96. The number of aromatic hydroxyl groups is 1. The van der Waals surface area contributed by atoms with Crippen molar-refractivity contribution < 1.29 is 5.11 Å². The number of aliphatic imine (C=N–C) groups is 1. The number of phenolic OH excluding ortho intramolecular Hbond substituents is 1. The molecule has 0 bridgehead atoms. The van der Waals surface area contributed by atoms with Gasteiger partial charge in [-0.1, -0.05) is 0 Å². The molecule has 0 aliphatic rings. The van der Waals surface area contributed by atoms with E-state index in [1.807, 2.05) is 24.4 Å². The minimum absolute atomic E-state index is 0.159. The van der Waals surface area contributed by atoms with Crippen molar-refractivity contribution in [3.8, 4) is 5.75 Å². The van der Waals surface area contributed by atoms with Crippen molar-refractivity contribution in [2.45, 2.75) is 19.9 Å². The third-order valence-corrected chi connectivity index (χ3v) is 3.26. The Morgan fingerprint density at radius 3 is 3.00 bits per heavy atom. The second-order valence-electron chi connectivity index (χ2n) is 5.37. The highest BCUT2D eigenvalue weighted by atomic mass is 16.3. The number of rotatable bonds is 4. The van der Waals surface area contributed by atoms with E-state index in [-0.39, 0.29) is 11.8 Å². The first kappa shape index (κ1) is 14.8. The van der Waals surface area contributed by atoms with E-state index in [1.165, 1.54) is 6.20 Å². The normalized spacial score (nSPS) is 12.7. The lowest BCUT2D eigenvalue weighted by Crippen LogP contribution is -2.08. The molecule has 2 aromatic heterocycles. The van der Waals surface area contributed by atoms with Gasteiger partial charge in [0, 0.05) is 36.9 Å². The third kappa shape index (κ3) is 2.94. The van der Waals surface area contributed by atoms with Gasteiger partial charge in [-0.2, -0.15) is 0 Å². The summed E-state index contributed by atoms with van der Waals surface area (Å²) in [5.74, 6) is 0.700. The molecule has 0 radical (unpaired) electrons. The highest BCUT2D eigenvalue weighted by molar-refractivity contribution is 5.88. The molecule has 0 amide bonds. The topological polar surface area (TPSA) is 101 Å². The van der Waals surface area contributed by atoms with Crippen molar-refractivity contribution in [2.75, 3.05) is 5.32 Å². The highest BCUT2D eigenvalue weighted by Crippen LogP contribution is 2.24. The number of hydrogen-bond acceptors (Lipinski definition) is 6. The lowest BCUT2D eigenvalue weighted by molar-refractivity contribution is 0.476. The van der Waals surface area contributed by atoms with Crippen molar-refractivity contribution in [1.29, 1.82) is 0 Å². The molecule has 0 saturated heterocycles. The van der Waals surface area contributed by atoms with E-state index < -0.39 is 0 Å². The predicted octanol–water partition coefficient (Wildman–Crippen LogP) is 2.28. The Labute approximate surface area is 133 Å². The van der Waals surface area contributed by atoms with E-state index in [4.69, 9.17) is 5.73 Å². The number of nitrogens with one attached hydrogen (secondary N) is 1. The molecular weight excluding hydrogens is 292 g/mol. The number of anilines is 1. The summed E-state index contributed by atoms with van der Waals surface area (Å²) in [5.41, 5.74) is 8.45. The lowest BCUT2D eigenvalue weighted by atomic mass is 10.3. The molecule has 118 valence electrons. The molecule has 2 heterocycles. The summed E-state index contributed by atoms with van der Waals surface area (Å²) in [4.78, 5) is 13.2. The van der Waals surface area contributed by atoms with Gasteiger partial charge in [0.1, 0.15) is 5.75 Å². The Balaban J connectivity index is 2.10. The fourth-order valence-electron chi connectivity index (χ4n) is 2.22. The van der Waals surface area contributed by atoms with Gasteiger partial charge in [-0.15, -0.1) is 0 Å². The standard InChI is InChI=1S/C16H18N6O/c1-10(2)19-9-11(8-17)20-15-16-18-5-6-22(16)14-4-3-12(23)7-13(14)21-15/h3-10,23H,17H2,1-2H3,(H,20,21). The zero-order valence-electron chi connectivity index (χ0n) is 12.9. The Bertz CT molecular complexity index is 909. The SMILES string of the molecule is CC(C)N=CC(=CN)Nc1nc2cc(O)ccc2n2ccnc12. The van der Waals surface area contributed by atoms with Crippen LogP contribution in [0.2, 0.25) is 0 Å². The number of imidazole rings is 1. The average Bonchev–Trinajstić information content (AvgIpc) is 3.00. The van der Waals surface area contributed by atoms with Gasteiger partial charge in [0.25, 0.3) is 0 Å². The first-order chi connectivity index (χ1) is 11.1. The molecule has 3 aromatic rings. The Kier molecular flexibility index (Phi) is 3.84. The second kappa shape index (κ2) is 5.96. The summed E-state index contributed by atoms with van der Waals surface area (Å²) in [5, 5.41) is 12.8. The van der Waals surface area contributed by atoms with Crippen LogP contribution < -0.4 is 11.1 Å². The minimum Gasteiger partial charge on any atom is -0.508 e. The largest absolute Gasteiger partial charge is 0.508 e. The molecule has 0 spiro atoms. The number of allylic oxidation sites excluding steroid dienone is 1.